The monoisotopic (exact) mass is 236 g/mol. The van der Waals surface area contributed by atoms with Gasteiger partial charge in [0.15, 0.2) is 5.69 Å². The van der Waals surface area contributed by atoms with Gasteiger partial charge in [0.2, 0.25) is 0 Å². The first kappa shape index (κ1) is 11.0. The highest BCUT2D eigenvalue weighted by Gasteiger charge is 2.15. The topological polar surface area (TPSA) is 55.1 Å². The van der Waals surface area contributed by atoms with Gasteiger partial charge in [-0.2, -0.15) is 16.9 Å². The van der Waals surface area contributed by atoms with E-state index in [0.717, 1.165) is 17.8 Å². The molecule has 0 fully saturated rings. The van der Waals surface area contributed by atoms with Gasteiger partial charge in [-0.15, -0.1) is 0 Å². The summed E-state index contributed by atoms with van der Waals surface area (Å²) in [4.78, 5) is 11.0. The molecule has 0 aliphatic heterocycles. The van der Waals surface area contributed by atoms with Gasteiger partial charge in [-0.1, -0.05) is 18.2 Å². The second-order valence-electron chi connectivity index (χ2n) is 3.39. The van der Waals surface area contributed by atoms with Gasteiger partial charge < -0.3 is 5.11 Å². The number of carbonyl (C=O) groups is 1. The molecule has 5 heteroatoms. The summed E-state index contributed by atoms with van der Waals surface area (Å²) in [5, 5.41) is 13.9. The van der Waals surface area contributed by atoms with Gasteiger partial charge in [-0.05, 0) is 12.3 Å². The highest BCUT2D eigenvalue weighted by atomic mass is 32.2. The third kappa shape index (κ3) is 1.90. The van der Waals surface area contributed by atoms with E-state index >= 15 is 0 Å². The Balaban J connectivity index is 2.53. The van der Waals surface area contributed by atoms with Gasteiger partial charge >= 0.3 is 5.97 Å². The van der Waals surface area contributed by atoms with E-state index in [1.54, 1.807) is 22.5 Å². The van der Waals surface area contributed by atoms with Crippen LogP contribution in [-0.4, -0.2) is 32.9 Å². The molecule has 0 atom stereocenters. The Kier molecular flexibility index (Phi) is 3.14. The number of thioether (sulfide) groups is 1. The zero-order valence-corrected chi connectivity index (χ0v) is 9.70. The van der Waals surface area contributed by atoms with Crippen LogP contribution in [0.25, 0.3) is 10.9 Å². The highest BCUT2D eigenvalue weighted by molar-refractivity contribution is 7.98. The fourth-order valence-corrected chi connectivity index (χ4v) is 1.99. The van der Waals surface area contributed by atoms with E-state index in [1.807, 2.05) is 24.5 Å². The standard InChI is InChI=1S/C11H12N2O2S/c1-16-7-6-13-9-5-3-2-4-8(9)10(12-13)11(14)15/h2-5H,6-7H2,1H3,(H,14,15). The van der Waals surface area contributed by atoms with E-state index in [0.29, 0.717) is 5.39 Å². The molecule has 0 saturated heterocycles. The molecule has 0 bridgehead atoms. The molecule has 0 unspecified atom stereocenters. The number of hydrogen-bond acceptors (Lipinski definition) is 3. The summed E-state index contributed by atoms with van der Waals surface area (Å²) < 4.78 is 1.76. The van der Waals surface area contributed by atoms with Crippen LogP contribution >= 0.6 is 11.8 Å². The third-order valence-corrected chi connectivity index (χ3v) is 2.96. The van der Waals surface area contributed by atoms with Crippen molar-refractivity contribution in [1.82, 2.24) is 9.78 Å². The molecule has 0 aliphatic rings. The van der Waals surface area contributed by atoms with Crippen molar-refractivity contribution in [3.05, 3.63) is 30.0 Å². The molecule has 1 aromatic heterocycles. The van der Waals surface area contributed by atoms with Crippen molar-refractivity contribution >= 4 is 28.6 Å². The Morgan fingerprint density at radius 3 is 2.94 bits per heavy atom. The molecule has 16 heavy (non-hydrogen) atoms. The highest BCUT2D eigenvalue weighted by Crippen LogP contribution is 2.18. The van der Waals surface area contributed by atoms with Crippen LogP contribution in [0.4, 0.5) is 0 Å². The van der Waals surface area contributed by atoms with Gasteiger partial charge in [-0.25, -0.2) is 4.79 Å². The Morgan fingerprint density at radius 2 is 2.25 bits per heavy atom. The van der Waals surface area contributed by atoms with Gasteiger partial charge in [0, 0.05) is 11.1 Å². The van der Waals surface area contributed by atoms with Crippen LogP contribution in [0.2, 0.25) is 0 Å². The molecule has 0 amide bonds. The van der Waals surface area contributed by atoms with Crippen LogP contribution in [0.5, 0.6) is 0 Å². The van der Waals surface area contributed by atoms with Crippen molar-refractivity contribution in [2.45, 2.75) is 6.54 Å². The lowest BCUT2D eigenvalue weighted by molar-refractivity contribution is 0.0691. The van der Waals surface area contributed by atoms with Crippen LogP contribution in [0.15, 0.2) is 24.3 Å². The lowest BCUT2D eigenvalue weighted by atomic mass is 10.2. The molecule has 2 rings (SSSR count). The number of rotatable bonds is 4. The summed E-state index contributed by atoms with van der Waals surface area (Å²) in [5.41, 5.74) is 1.02. The minimum atomic E-state index is -0.973. The number of carboxylic acids is 1. The fourth-order valence-electron chi connectivity index (χ4n) is 1.63. The second kappa shape index (κ2) is 4.57. The number of carboxylic acid groups (broad SMARTS) is 1. The molecule has 0 spiro atoms. The van der Waals surface area contributed by atoms with Crippen molar-refractivity contribution in [2.75, 3.05) is 12.0 Å². The molecule has 0 aliphatic carbocycles. The van der Waals surface area contributed by atoms with E-state index in [4.69, 9.17) is 5.11 Å². The lowest BCUT2D eigenvalue weighted by Gasteiger charge is -2.00. The van der Waals surface area contributed by atoms with E-state index in [1.165, 1.54) is 0 Å². The van der Waals surface area contributed by atoms with Crippen LogP contribution in [0, 0.1) is 0 Å². The summed E-state index contributed by atoms with van der Waals surface area (Å²) in [6.45, 7) is 0.731. The van der Waals surface area contributed by atoms with E-state index in [-0.39, 0.29) is 5.69 Å². The molecule has 4 nitrogen and oxygen atoms in total. The van der Waals surface area contributed by atoms with Gasteiger partial charge in [0.25, 0.3) is 0 Å². The Morgan fingerprint density at radius 1 is 1.50 bits per heavy atom. The SMILES string of the molecule is CSCCn1nc(C(=O)O)c2ccccc21. The second-order valence-corrected chi connectivity index (χ2v) is 4.37. The van der Waals surface area contributed by atoms with E-state index in [9.17, 15) is 4.79 Å². The molecule has 0 saturated carbocycles. The van der Waals surface area contributed by atoms with Gasteiger partial charge in [0.05, 0.1) is 12.1 Å². The van der Waals surface area contributed by atoms with Crippen LogP contribution in [0.3, 0.4) is 0 Å². The number of para-hydroxylation sites is 1. The number of nitrogens with zero attached hydrogens (tertiary/aromatic N) is 2. The van der Waals surface area contributed by atoms with E-state index < -0.39 is 5.97 Å². The first-order valence-electron chi connectivity index (χ1n) is 4.92. The Hall–Kier alpha value is -1.49. The van der Waals surface area contributed by atoms with Gasteiger partial charge in [0.1, 0.15) is 0 Å². The summed E-state index contributed by atoms with van der Waals surface area (Å²) in [6.07, 6.45) is 2.02. The predicted octanol–water partition coefficient (Wildman–Crippen LogP) is 2.10. The molecule has 0 radical (unpaired) electrons. The van der Waals surface area contributed by atoms with Crippen LogP contribution in [0.1, 0.15) is 10.5 Å². The summed E-state index contributed by atoms with van der Waals surface area (Å²) in [7, 11) is 0. The molecule has 1 N–H and O–H groups in total. The average Bonchev–Trinajstić information content (AvgIpc) is 2.65. The third-order valence-electron chi connectivity index (χ3n) is 2.37. The maximum absolute atomic E-state index is 11.0. The summed E-state index contributed by atoms with van der Waals surface area (Å²) >= 11 is 1.71. The Bertz CT molecular complexity index is 522. The number of fused-ring (bicyclic) bond motifs is 1. The van der Waals surface area contributed by atoms with Crippen LogP contribution < -0.4 is 0 Å². The summed E-state index contributed by atoms with van der Waals surface area (Å²) in [6, 6.07) is 7.41. The van der Waals surface area contributed by atoms with Crippen molar-refractivity contribution < 1.29 is 9.90 Å². The number of aryl methyl sites for hydroxylation is 1. The normalized spacial score (nSPS) is 10.8. The molecule has 2 aromatic rings. The molecule has 1 aromatic carbocycles. The van der Waals surface area contributed by atoms with Crippen molar-refractivity contribution in [2.24, 2.45) is 0 Å². The number of aromatic carboxylic acids is 1. The molecule has 84 valence electrons. The zero-order valence-electron chi connectivity index (χ0n) is 8.88. The average molecular weight is 236 g/mol. The first-order chi connectivity index (χ1) is 7.74. The minimum Gasteiger partial charge on any atom is -0.476 e. The van der Waals surface area contributed by atoms with Crippen molar-refractivity contribution in [3.63, 3.8) is 0 Å². The van der Waals surface area contributed by atoms with Crippen LogP contribution in [-0.2, 0) is 6.54 Å². The maximum atomic E-state index is 11.0. The number of hydrogen-bond donors (Lipinski definition) is 1. The maximum Gasteiger partial charge on any atom is 0.357 e. The van der Waals surface area contributed by atoms with Crippen molar-refractivity contribution in [3.8, 4) is 0 Å². The first-order valence-corrected chi connectivity index (χ1v) is 6.31. The molecule has 1 heterocycles. The molecular formula is C11H12N2O2S. The number of aromatic nitrogens is 2. The summed E-state index contributed by atoms with van der Waals surface area (Å²) in [5.74, 6) is -0.0517. The van der Waals surface area contributed by atoms with Gasteiger partial charge in [-0.3, -0.25) is 4.68 Å². The Labute approximate surface area is 97.3 Å². The van der Waals surface area contributed by atoms with Crippen molar-refractivity contribution in [1.29, 1.82) is 0 Å². The zero-order chi connectivity index (χ0) is 11.5. The number of benzene rings is 1. The smallest absolute Gasteiger partial charge is 0.357 e. The fraction of sp³-hybridized carbons (Fsp3) is 0.273. The largest absolute Gasteiger partial charge is 0.476 e. The predicted molar refractivity (Wildman–Crippen MR) is 65.1 cm³/mol. The molecular weight excluding hydrogens is 224 g/mol. The van der Waals surface area contributed by atoms with E-state index in [2.05, 4.69) is 5.10 Å². The quantitative estimate of drug-likeness (QED) is 0.883. The lowest BCUT2D eigenvalue weighted by Crippen LogP contribution is -2.04. The minimum absolute atomic E-state index is 0.136.